The van der Waals surface area contributed by atoms with Crippen molar-refractivity contribution >= 4 is 11.3 Å². The Hall–Kier alpha value is -2.12. The minimum Gasteiger partial charge on any atom is -0.337 e. The van der Waals surface area contributed by atoms with Gasteiger partial charge in [0.1, 0.15) is 11.6 Å². The Labute approximate surface area is 136 Å². The van der Waals surface area contributed by atoms with E-state index in [2.05, 4.69) is 10.1 Å². The van der Waals surface area contributed by atoms with Crippen LogP contribution in [0.3, 0.4) is 0 Å². The molecule has 0 spiro atoms. The maximum Gasteiger partial charge on any atom is 0.244 e. The van der Waals surface area contributed by atoms with E-state index in [4.69, 9.17) is 4.52 Å². The van der Waals surface area contributed by atoms with Crippen LogP contribution in [0.4, 0.5) is 8.78 Å². The van der Waals surface area contributed by atoms with Gasteiger partial charge >= 0.3 is 0 Å². The van der Waals surface area contributed by atoms with Gasteiger partial charge in [-0.15, -0.1) is 11.3 Å². The predicted molar refractivity (Wildman–Crippen MR) is 83.9 cm³/mol. The first-order valence-electron chi connectivity index (χ1n) is 7.06. The predicted octanol–water partition coefficient (Wildman–Crippen LogP) is 4.27. The number of nitrogens with zero attached hydrogens (tertiary/aromatic N) is 3. The highest BCUT2D eigenvalue weighted by molar-refractivity contribution is 7.13. The van der Waals surface area contributed by atoms with E-state index in [0.29, 0.717) is 23.8 Å². The van der Waals surface area contributed by atoms with E-state index in [1.807, 2.05) is 36.4 Å². The minimum absolute atomic E-state index is 0.194. The van der Waals surface area contributed by atoms with Crippen molar-refractivity contribution in [3.63, 3.8) is 0 Å². The molecule has 0 amide bonds. The molecule has 0 N–H and O–H groups in total. The number of rotatable bonds is 5. The van der Waals surface area contributed by atoms with Crippen LogP contribution >= 0.6 is 11.3 Å². The van der Waals surface area contributed by atoms with Crippen LogP contribution in [-0.4, -0.2) is 22.1 Å². The van der Waals surface area contributed by atoms with Crippen LogP contribution in [0.2, 0.25) is 0 Å². The number of halogens is 2. The Morgan fingerprint density at radius 2 is 2.13 bits per heavy atom. The van der Waals surface area contributed by atoms with Gasteiger partial charge in [0, 0.05) is 18.2 Å². The highest BCUT2D eigenvalue weighted by Gasteiger charge is 2.20. The van der Waals surface area contributed by atoms with Crippen LogP contribution in [-0.2, 0) is 6.54 Å². The topological polar surface area (TPSA) is 42.2 Å². The molecule has 3 aromatic rings. The van der Waals surface area contributed by atoms with Gasteiger partial charge in [0.25, 0.3) is 0 Å². The summed E-state index contributed by atoms with van der Waals surface area (Å²) in [6.45, 7) is 2.21. The SMILES string of the molecule is C[C@H](c1nc(-c2cccs2)no1)N(C)Cc1ccc(F)cc1F. The second-order valence-corrected chi connectivity index (χ2v) is 6.21. The first kappa shape index (κ1) is 15.8. The lowest BCUT2D eigenvalue weighted by molar-refractivity contribution is 0.200. The molecule has 7 heteroatoms. The van der Waals surface area contributed by atoms with Crippen molar-refractivity contribution < 1.29 is 13.3 Å². The molecule has 0 saturated heterocycles. The lowest BCUT2D eigenvalue weighted by atomic mass is 10.1. The van der Waals surface area contributed by atoms with Crippen LogP contribution in [0, 0.1) is 11.6 Å². The van der Waals surface area contributed by atoms with E-state index in [0.717, 1.165) is 10.9 Å². The Bertz CT molecular complexity index is 788. The van der Waals surface area contributed by atoms with Gasteiger partial charge in [-0.05, 0) is 31.5 Å². The molecule has 4 nitrogen and oxygen atoms in total. The lowest BCUT2D eigenvalue weighted by Gasteiger charge is -2.21. The van der Waals surface area contributed by atoms with Gasteiger partial charge in [-0.25, -0.2) is 8.78 Å². The lowest BCUT2D eigenvalue weighted by Crippen LogP contribution is -2.22. The molecule has 2 heterocycles. The normalized spacial score (nSPS) is 12.7. The van der Waals surface area contributed by atoms with Crippen LogP contribution in [0.25, 0.3) is 10.7 Å². The van der Waals surface area contributed by atoms with Crippen molar-refractivity contribution in [2.45, 2.75) is 19.5 Å². The zero-order chi connectivity index (χ0) is 16.4. The second kappa shape index (κ2) is 6.55. The summed E-state index contributed by atoms with van der Waals surface area (Å²) in [5.41, 5.74) is 0.416. The average Bonchev–Trinajstić information content (AvgIpc) is 3.19. The molecule has 0 aliphatic rings. The maximum absolute atomic E-state index is 13.7. The third-order valence-corrected chi connectivity index (χ3v) is 4.50. The summed E-state index contributed by atoms with van der Waals surface area (Å²) in [5, 5.41) is 5.91. The van der Waals surface area contributed by atoms with Gasteiger partial charge in [0.05, 0.1) is 10.9 Å². The van der Waals surface area contributed by atoms with Crippen molar-refractivity contribution in [2.24, 2.45) is 0 Å². The standard InChI is InChI=1S/C16H15F2N3OS/c1-10(16-19-15(20-22-16)14-4-3-7-23-14)21(2)9-11-5-6-12(17)8-13(11)18/h3-8,10H,9H2,1-2H3/t10-/m1/s1. The largest absolute Gasteiger partial charge is 0.337 e. The summed E-state index contributed by atoms with van der Waals surface area (Å²) in [6, 6.07) is 7.22. The molecule has 120 valence electrons. The molecule has 0 bridgehead atoms. The van der Waals surface area contributed by atoms with E-state index in [9.17, 15) is 8.78 Å². The highest BCUT2D eigenvalue weighted by atomic mass is 32.1. The number of aromatic nitrogens is 2. The molecule has 0 radical (unpaired) electrons. The number of hydrogen-bond acceptors (Lipinski definition) is 5. The fourth-order valence-corrected chi connectivity index (χ4v) is 2.80. The fraction of sp³-hybridized carbons (Fsp3) is 0.250. The molecular formula is C16H15F2N3OS. The Balaban J connectivity index is 1.73. The van der Waals surface area contributed by atoms with Crippen LogP contribution in [0.5, 0.6) is 0 Å². The van der Waals surface area contributed by atoms with Crippen molar-refractivity contribution in [1.82, 2.24) is 15.0 Å². The molecule has 2 aromatic heterocycles. The molecule has 0 fully saturated rings. The molecule has 3 rings (SSSR count). The minimum atomic E-state index is -0.584. The molecular weight excluding hydrogens is 320 g/mol. The van der Waals surface area contributed by atoms with Crippen molar-refractivity contribution in [2.75, 3.05) is 7.05 Å². The molecule has 0 aliphatic carbocycles. The maximum atomic E-state index is 13.7. The smallest absolute Gasteiger partial charge is 0.244 e. The third-order valence-electron chi connectivity index (χ3n) is 3.64. The second-order valence-electron chi connectivity index (χ2n) is 5.26. The summed E-state index contributed by atoms with van der Waals surface area (Å²) >= 11 is 1.53. The van der Waals surface area contributed by atoms with Gasteiger partial charge < -0.3 is 4.52 Å². The number of thiophene rings is 1. The van der Waals surface area contributed by atoms with Gasteiger partial charge in [-0.2, -0.15) is 4.98 Å². The van der Waals surface area contributed by atoms with Gasteiger partial charge in [0.2, 0.25) is 11.7 Å². The first-order chi connectivity index (χ1) is 11.0. The summed E-state index contributed by atoms with van der Waals surface area (Å²) < 4.78 is 32.0. The van der Waals surface area contributed by atoms with E-state index < -0.39 is 11.6 Å². The van der Waals surface area contributed by atoms with Crippen LogP contribution in [0.15, 0.2) is 40.2 Å². The number of benzene rings is 1. The molecule has 23 heavy (non-hydrogen) atoms. The molecule has 1 atom stereocenters. The summed E-state index contributed by atoms with van der Waals surface area (Å²) in [5.74, 6) is -0.144. The third kappa shape index (κ3) is 3.46. The molecule has 1 aromatic carbocycles. The van der Waals surface area contributed by atoms with Gasteiger partial charge in [0.15, 0.2) is 0 Å². The van der Waals surface area contributed by atoms with Crippen molar-refractivity contribution in [1.29, 1.82) is 0 Å². The Kier molecular flexibility index (Phi) is 4.49. The molecule has 0 aliphatic heterocycles. The quantitative estimate of drug-likeness (QED) is 0.698. The monoisotopic (exact) mass is 335 g/mol. The van der Waals surface area contributed by atoms with E-state index >= 15 is 0 Å². The fourth-order valence-electron chi connectivity index (χ4n) is 2.15. The number of hydrogen-bond donors (Lipinski definition) is 0. The zero-order valence-electron chi connectivity index (χ0n) is 12.7. The van der Waals surface area contributed by atoms with Crippen molar-refractivity contribution in [3.05, 3.63) is 58.8 Å². The summed E-state index contributed by atoms with van der Waals surface area (Å²) in [4.78, 5) is 7.18. The summed E-state index contributed by atoms with van der Waals surface area (Å²) in [7, 11) is 1.82. The summed E-state index contributed by atoms with van der Waals surface area (Å²) in [6.07, 6.45) is 0. The molecule has 0 saturated carbocycles. The van der Waals surface area contributed by atoms with Crippen LogP contribution in [0.1, 0.15) is 24.4 Å². The van der Waals surface area contributed by atoms with Crippen molar-refractivity contribution in [3.8, 4) is 10.7 Å². The van der Waals surface area contributed by atoms with E-state index in [1.165, 1.54) is 23.5 Å². The first-order valence-corrected chi connectivity index (χ1v) is 7.94. The van der Waals surface area contributed by atoms with Crippen LogP contribution < -0.4 is 0 Å². The van der Waals surface area contributed by atoms with E-state index in [-0.39, 0.29) is 6.04 Å². The highest BCUT2D eigenvalue weighted by Crippen LogP contribution is 2.25. The average molecular weight is 335 g/mol. The van der Waals surface area contributed by atoms with Gasteiger partial charge in [-0.1, -0.05) is 17.3 Å². The zero-order valence-corrected chi connectivity index (χ0v) is 13.5. The molecule has 0 unspecified atom stereocenters. The Morgan fingerprint density at radius 1 is 1.30 bits per heavy atom. The van der Waals surface area contributed by atoms with Gasteiger partial charge in [-0.3, -0.25) is 4.90 Å². The Morgan fingerprint density at radius 3 is 2.83 bits per heavy atom. The van der Waals surface area contributed by atoms with E-state index in [1.54, 1.807) is 0 Å².